The Hall–Kier alpha value is -2.93. The number of nitrogens with one attached hydrogen (secondary N) is 3. The molecule has 0 radical (unpaired) electrons. The molecule has 1 amide bonds. The summed E-state index contributed by atoms with van der Waals surface area (Å²) >= 11 is 0. The Morgan fingerprint density at radius 2 is 2.11 bits per heavy atom. The predicted molar refractivity (Wildman–Crippen MR) is 103 cm³/mol. The van der Waals surface area contributed by atoms with E-state index >= 15 is 0 Å². The van der Waals surface area contributed by atoms with E-state index in [2.05, 4.69) is 20.3 Å². The third-order valence-electron chi connectivity index (χ3n) is 5.07. The summed E-state index contributed by atoms with van der Waals surface area (Å²) in [6, 6.07) is 9.85. The van der Waals surface area contributed by atoms with Crippen LogP contribution in [-0.2, 0) is 11.2 Å². The molecule has 0 bridgehead atoms. The van der Waals surface area contributed by atoms with E-state index in [4.69, 9.17) is 0 Å². The smallest absolute Gasteiger partial charge is 0.323 e. The van der Waals surface area contributed by atoms with E-state index in [1.54, 1.807) is 6.20 Å². The van der Waals surface area contributed by atoms with Crippen LogP contribution in [0.15, 0.2) is 47.5 Å². The number of piperazine rings is 1. The van der Waals surface area contributed by atoms with Gasteiger partial charge in [-0.15, -0.1) is 0 Å². The number of pyridine rings is 1. The molecule has 0 spiro atoms. The topological polar surface area (TPSA) is 93.9 Å². The molecule has 1 aliphatic rings. The zero-order valence-corrected chi connectivity index (χ0v) is 15.1. The molecule has 1 atom stereocenters. The number of aromatic nitrogens is 3. The number of carbonyl (C=O) groups is 1. The molecule has 2 aromatic heterocycles. The van der Waals surface area contributed by atoms with Crippen molar-refractivity contribution in [2.45, 2.75) is 25.3 Å². The molecule has 1 saturated heterocycles. The first-order valence-electron chi connectivity index (χ1n) is 9.32. The second kappa shape index (κ2) is 7.75. The molecule has 1 fully saturated rings. The van der Waals surface area contributed by atoms with Crippen molar-refractivity contribution in [2.75, 3.05) is 19.6 Å². The predicted octanol–water partition coefficient (Wildman–Crippen LogP) is 1.75. The SMILES string of the molecule is O=C(CCCc1ccc2[nH]c(=O)[nH]c2c1)N1CCNCC1c1cccnc1. The Labute approximate surface area is 156 Å². The summed E-state index contributed by atoms with van der Waals surface area (Å²) in [6.07, 6.45) is 5.69. The maximum atomic E-state index is 12.8. The third kappa shape index (κ3) is 3.93. The van der Waals surface area contributed by atoms with Gasteiger partial charge in [0.25, 0.3) is 0 Å². The van der Waals surface area contributed by atoms with E-state index in [1.807, 2.05) is 41.4 Å². The van der Waals surface area contributed by atoms with Gasteiger partial charge in [0.1, 0.15) is 0 Å². The number of rotatable bonds is 5. The molecular weight excluding hydrogens is 342 g/mol. The van der Waals surface area contributed by atoms with Crippen molar-refractivity contribution >= 4 is 16.9 Å². The summed E-state index contributed by atoms with van der Waals surface area (Å²) in [6.45, 7) is 2.30. The number of hydrogen-bond acceptors (Lipinski definition) is 4. The normalized spacial score (nSPS) is 17.3. The quantitative estimate of drug-likeness (QED) is 0.642. The lowest BCUT2D eigenvalue weighted by atomic mass is 10.0. The number of H-pyrrole nitrogens is 2. The van der Waals surface area contributed by atoms with Crippen molar-refractivity contribution in [3.63, 3.8) is 0 Å². The fraction of sp³-hybridized carbons (Fsp3) is 0.350. The van der Waals surface area contributed by atoms with E-state index in [0.29, 0.717) is 6.42 Å². The standard InChI is InChI=1S/C20H23N5O2/c26-19(25-10-9-22-13-18(25)15-4-2-8-21-12-15)5-1-3-14-6-7-16-17(11-14)24-20(27)23-16/h2,4,6-8,11-12,18,22H,1,3,5,9-10,13H2,(H2,23,24,27). The number of hydrogen-bond donors (Lipinski definition) is 3. The van der Waals surface area contributed by atoms with Crippen molar-refractivity contribution in [1.29, 1.82) is 0 Å². The number of aryl methyl sites for hydroxylation is 1. The third-order valence-corrected chi connectivity index (χ3v) is 5.07. The lowest BCUT2D eigenvalue weighted by molar-refractivity contribution is -0.134. The molecule has 3 N–H and O–H groups in total. The van der Waals surface area contributed by atoms with Crippen molar-refractivity contribution in [2.24, 2.45) is 0 Å². The summed E-state index contributed by atoms with van der Waals surface area (Å²) in [5.41, 5.74) is 3.61. The highest BCUT2D eigenvalue weighted by molar-refractivity contribution is 5.77. The van der Waals surface area contributed by atoms with Crippen LogP contribution < -0.4 is 11.0 Å². The number of fused-ring (bicyclic) bond motifs is 1. The highest BCUT2D eigenvalue weighted by atomic mass is 16.2. The molecule has 3 aromatic rings. The summed E-state index contributed by atoms with van der Waals surface area (Å²) in [4.78, 5) is 35.8. The summed E-state index contributed by atoms with van der Waals surface area (Å²) in [7, 11) is 0. The van der Waals surface area contributed by atoms with Gasteiger partial charge < -0.3 is 20.2 Å². The Morgan fingerprint density at radius 1 is 1.22 bits per heavy atom. The van der Waals surface area contributed by atoms with E-state index in [-0.39, 0.29) is 17.6 Å². The van der Waals surface area contributed by atoms with Gasteiger partial charge in [0.15, 0.2) is 0 Å². The van der Waals surface area contributed by atoms with Crippen LogP contribution in [0.1, 0.15) is 30.0 Å². The molecule has 27 heavy (non-hydrogen) atoms. The van der Waals surface area contributed by atoms with Crippen molar-refractivity contribution in [1.82, 2.24) is 25.2 Å². The Bertz CT molecular complexity index is 979. The van der Waals surface area contributed by atoms with Gasteiger partial charge in [-0.25, -0.2) is 4.79 Å². The first-order chi connectivity index (χ1) is 13.2. The first-order valence-corrected chi connectivity index (χ1v) is 9.32. The van der Waals surface area contributed by atoms with Gasteiger partial charge in [0.2, 0.25) is 5.91 Å². The molecule has 7 nitrogen and oxygen atoms in total. The average molecular weight is 365 g/mol. The lowest BCUT2D eigenvalue weighted by Gasteiger charge is -2.36. The van der Waals surface area contributed by atoms with E-state index in [0.717, 1.165) is 54.6 Å². The van der Waals surface area contributed by atoms with Crippen molar-refractivity contribution in [3.05, 3.63) is 64.3 Å². The molecule has 1 unspecified atom stereocenters. The van der Waals surface area contributed by atoms with E-state index < -0.39 is 0 Å². The Kier molecular flexibility index (Phi) is 5.02. The summed E-state index contributed by atoms with van der Waals surface area (Å²) in [5.74, 6) is 0.182. The number of imidazole rings is 1. The van der Waals surface area contributed by atoms with Crippen LogP contribution in [0.2, 0.25) is 0 Å². The van der Waals surface area contributed by atoms with Crippen LogP contribution in [0.25, 0.3) is 11.0 Å². The van der Waals surface area contributed by atoms with Gasteiger partial charge in [-0.2, -0.15) is 0 Å². The van der Waals surface area contributed by atoms with Crippen LogP contribution in [0, 0.1) is 0 Å². The minimum absolute atomic E-state index is 0.0428. The van der Waals surface area contributed by atoms with Gasteiger partial charge in [0, 0.05) is 38.4 Å². The molecule has 7 heteroatoms. The first kappa shape index (κ1) is 17.5. The molecule has 0 saturated carbocycles. The van der Waals surface area contributed by atoms with Crippen LogP contribution in [0.5, 0.6) is 0 Å². The van der Waals surface area contributed by atoms with Crippen LogP contribution >= 0.6 is 0 Å². The number of carbonyl (C=O) groups excluding carboxylic acids is 1. The molecule has 1 aromatic carbocycles. The fourth-order valence-electron chi connectivity index (χ4n) is 3.70. The fourth-order valence-corrected chi connectivity index (χ4v) is 3.70. The van der Waals surface area contributed by atoms with Gasteiger partial charge >= 0.3 is 5.69 Å². The molecule has 0 aliphatic carbocycles. The number of nitrogens with zero attached hydrogens (tertiary/aromatic N) is 2. The molecule has 3 heterocycles. The Balaban J connectivity index is 1.38. The lowest BCUT2D eigenvalue weighted by Crippen LogP contribution is -2.48. The zero-order valence-electron chi connectivity index (χ0n) is 15.1. The maximum absolute atomic E-state index is 12.8. The number of aromatic amines is 2. The zero-order chi connectivity index (χ0) is 18.6. The second-order valence-corrected chi connectivity index (χ2v) is 6.91. The maximum Gasteiger partial charge on any atom is 0.323 e. The summed E-state index contributed by atoms with van der Waals surface area (Å²) < 4.78 is 0. The highest BCUT2D eigenvalue weighted by Crippen LogP contribution is 2.23. The molecular formula is C20H23N5O2. The molecule has 4 rings (SSSR count). The van der Waals surface area contributed by atoms with Crippen LogP contribution in [0.4, 0.5) is 0 Å². The van der Waals surface area contributed by atoms with E-state index in [1.165, 1.54) is 0 Å². The summed E-state index contributed by atoms with van der Waals surface area (Å²) in [5, 5.41) is 3.37. The van der Waals surface area contributed by atoms with Gasteiger partial charge in [0.05, 0.1) is 17.1 Å². The average Bonchev–Trinajstić information content (AvgIpc) is 3.08. The van der Waals surface area contributed by atoms with Gasteiger partial charge in [-0.3, -0.25) is 9.78 Å². The highest BCUT2D eigenvalue weighted by Gasteiger charge is 2.27. The monoisotopic (exact) mass is 365 g/mol. The second-order valence-electron chi connectivity index (χ2n) is 6.91. The largest absolute Gasteiger partial charge is 0.333 e. The molecule has 140 valence electrons. The van der Waals surface area contributed by atoms with Gasteiger partial charge in [-0.1, -0.05) is 12.1 Å². The minimum atomic E-state index is -0.197. The minimum Gasteiger partial charge on any atom is -0.333 e. The van der Waals surface area contributed by atoms with Crippen molar-refractivity contribution < 1.29 is 4.79 Å². The van der Waals surface area contributed by atoms with E-state index in [9.17, 15) is 9.59 Å². The Morgan fingerprint density at radius 3 is 2.96 bits per heavy atom. The number of amides is 1. The molecule has 1 aliphatic heterocycles. The van der Waals surface area contributed by atoms with Gasteiger partial charge in [-0.05, 0) is 42.2 Å². The van der Waals surface area contributed by atoms with Crippen LogP contribution in [-0.4, -0.2) is 45.4 Å². The van der Waals surface area contributed by atoms with Crippen LogP contribution in [0.3, 0.4) is 0 Å². The number of benzene rings is 1. The van der Waals surface area contributed by atoms with Crippen molar-refractivity contribution in [3.8, 4) is 0 Å².